The van der Waals surface area contributed by atoms with Crippen molar-refractivity contribution < 1.29 is 0 Å². The molecule has 2 rings (SSSR count). The number of hydrogen-bond donors (Lipinski definition) is 1. The molecule has 1 aromatic heterocycles. The highest BCUT2D eigenvalue weighted by molar-refractivity contribution is 7.15. The molecule has 2 N–H and O–H groups in total. The first-order chi connectivity index (χ1) is 6.66. The Labute approximate surface area is 88.9 Å². The van der Waals surface area contributed by atoms with Crippen molar-refractivity contribution in [3.05, 3.63) is 10.6 Å². The van der Waals surface area contributed by atoms with E-state index in [2.05, 4.69) is 23.9 Å². The van der Waals surface area contributed by atoms with E-state index in [0.29, 0.717) is 5.92 Å². The minimum absolute atomic E-state index is 0.639. The highest BCUT2D eigenvalue weighted by Gasteiger charge is 2.22. The van der Waals surface area contributed by atoms with E-state index in [1.165, 1.54) is 36.5 Å². The minimum atomic E-state index is 0.639. The van der Waals surface area contributed by atoms with Gasteiger partial charge in [-0.3, -0.25) is 0 Å². The Kier molecular flexibility index (Phi) is 2.74. The molecule has 0 aliphatic carbocycles. The Balaban J connectivity index is 2.11. The minimum Gasteiger partial charge on any atom is -0.375 e. The molecule has 2 heterocycles. The summed E-state index contributed by atoms with van der Waals surface area (Å²) < 4.78 is 0. The topological polar surface area (TPSA) is 42.1 Å². The van der Waals surface area contributed by atoms with Gasteiger partial charge in [-0.25, -0.2) is 4.98 Å². The normalized spacial score (nSPS) is 20.1. The fourth-order valence-corrected chi connectivity index (χ4v) is 2.86. The highest BCUT2D eigenvalue weighted by Crippen LogP contribution is 2.32. The van der Waals surface area contributed by atoms with E-state index >= 15 is 0 Å². The van der Waals surface area contributed by atoms with E-state index in [4.69, 9.17) is 5.73 Å². The molecule has 0 unspecified atom stereocenters. The van der Waals surface area contributed by atoms with E-state index in [1.54, 1.807) is 11.3 Å². The van der Waals surface area contributed by atoms with Crippen molar-refractivity contribution in [3.8, 4) is 0 Å². The van der Waals surface area contributed by atoms with Gasteiger partial charge in [0.25, 0.3) is 0 Å². The van der Waals surface area contributed by atoms with Crippen LogP contribution < -0.4 is 5.73 Å². The molecule has 1 aliphatic rings. The van der Waals surface area contributed by atoms with Crippen LogP contribution in [0.25, 0.3) is 0 Å². The molecule has 78 valence electrons. The molecule has 0 amide bonds. The lowest BCUT2D eigenvalue weighted by Crippen LogP contribution is -2.29. The summed E-state index contributed by atoms with van der Waals surface area (Å²) in [6.07, 6.45) is 2.45. The summed E-state index contributed by atoms with van der Waals surface area (Å²) in [5.41, 5.74) is 6.96. The van der Waals surface area contributed by atoms with Crippen LogP contribution in [-0.4, -0.2) is 30.0 Å². The summed E-state index contributed by atoms with van der Waals surface area (Å²) in [7, 11) is 2.18. The zero-order valence-electron chi connectivity index (χ0n) is 8.79. The first kappa shape index (κ1) is 9.93. The van der Waals surface area contributed by atoms with Crippen LogP contribution in [0, 0.1) is 6.92 Å². The van der Waals surface area contributed by atoms with Crippen LogP contribution in [0.3, 0.4) is 0 Å². The van der Waals surface area contributed by atoms with E-state index in [1.807, 2.05) is 0 Å². The molecule has 1 aliphatic heterocycles. The summed E-state index contributed by atoms with van der Waals surface area (Å²) >= 11 is 1.62. The number of likely N-dealkylation sites (tertiary alicyclic amines) is 1. The molecular formula is C10H17N3S. The zero-order chi connectivity index (χ0) is 10.1. The van der Waals surface area contributed by atoms with Crippen molar-refractivity contribution in [3.63, 3.8) is 0 Å². The van der Waals surface area contributed by atoms with E-state index in [0.717, 1.165) is 5.13 Å². The van der Waals surface area contributed by atoms with Gasteiger partial charge in [-0.15, -0.1) is 11.3 Å². The van der Waals surface area contributed by atoms with Gasteiger partial charge >= 0.3 is 0 Å². The van der Waals surface area contributed by atoms with Crippen molar-refractivity contribution in [2.24, 2.45) is 0 Å². The van der Waals surface area contributed by atoms with Crippen molar-refractivity contribution in [1.29, 1.82) is 0 Å². The number of nitrogen functional groups attached to an aromatic ring is 1. The molecule has 0 saturated carbocycles. The van der Waals surface area contributed by atoms with E-state index < -0.39 is 0 Å². The Morgan fingerprint density at radius 1 is 1.43 bits per heavy atom. The van der Waals surface area contributed by atoms with Gasteiger partial charge in [0.15, 0.2) is 5.13 Å². The maximum absolute atomic E-state index is 5.71. The fourth-order valence-electron chi connectivity index (χ4n) is 2.09. The summed E-state index contributed by atoms with van der Waals surface area (Å²) in [6, 6.07) is 0. The Morgan fingerprint density at radius 2 is 2.07 bits per heavy atom. The van der Waals surface area contributed by atoms with Crippen LogP contribution in [0.4, 0.5) is 5.13 Å². The summed E-state index contributed by atoms with van der Waals surface area (Å²) in [5, 5.41) is 0.719. The average Bonchev–Trinajstić information content (AvgIpc) is 2.47. The number of nitrogens with two attached hydrogens (primary N) is 1. The number of hydrogen-bond acceptors (Lipinski definition) is 4. The second-order valence-corrected chi connectivity index (χ2v) is 5.31. The number of thiazole rings is 1. The first-order valence-electron chi connectivity index (χ1n) is 5.08. The monoisotopic (exact) mass is 211 g/mol. The fraction of sp³-hybridized carbons (Fsp3) is 0.700. The van der Waals surface area contributed by atoms with Crippen molar-refractivity contribution in [2.75, 3.05) is 25.9 Å². The lowest BCUT2D eigenvalue weighted by Gasteiger charge is -2.28. The van der Waals surface area contributed by atoms with Crippen LogP contribution >= 0.6 is 11.3 Å². The number of piperidine rings is 1. The van der Waals surface area contributed by atoms with Crippen molar-refractivity contribution in [1.82, 2.24) is 9.88 Å². The van der Waals surface area contributed by atoms with Crippen LogP contribution in [0.2, 0.25) is 0 Å². The van der Waals surface area contributed by atoms with Gasteiger partial charge in [-0.2, -0.15) is 0 Å². The van der Waals surface area contributed by atoms with E-state index in [9.17, 15) is 0 Å². The van der Waals surface area contributed by atoms with Gasteiger partial charge in [-0.05, 0) is 39.9 Å². The molecule has 1 fully saturated rings. The molecule has 0 aromatic carbocycles. The van der Waals surface area contributed by atoms with Crippen LogP contribution in [0.1, 0.15) is 29.3 Å². The third kappa shape index (κ3) is 1.91. The number of nitrogens with zero attached hydrogens (tertiary/aromatic N) is 2. The van der Waals surface area contributed by atoms with Crippen molar-refractivity contribution >= 4 is 16.5 Å². The van der Waals surface area contributed by atoms with Gasteiger partial charge in [0, 0.05) is 10.8 Å². The van der Waals surface area contributed by atoms with Gasteiger partial charge in [0.2, 0.25) is 0 Å². The Hall–Kier alpha value is -0.610. The SMILES string of the molecule is Cc1sc(N)nc1C1CCN(C)CC1. The number of rotatable bonds is 1. The number of aromatic nitrogens is 1. The van der Waals surface area contributed by atoms with Gasteiger partial charge in [-0.1, -0.05) is 0 Å². The number of anilines is 1. The molecule has 1 saturated heterocycles. The Morgan fingerprint density at radius 3 is 2.57 bits per heavy atom. The summed E-state index contributed by atoms with van der Waals surface area (Å²) in [6.45, 7) is 4.49. The largest absolute Gasteiger partial charge is 0.375 e. The van der Waals surface area contributed by atoms with Gasteiger partial charge < -0.3 is 10.6 Å². The molecule has 0 bridgehead atoms. The average molecular weight is 211 g/mol. The maximum atomic E-state index is 5.71. The van der Waals surface area contributed by atoms with Crippen LogP contribution in [0.15, 0.2) is 0 Å². The molecule has 1 aromatic rings. The molecule has 14 heavy (non-hydrogen) atoms. The second-order valence-electron chi connectivity index (χ2n) is 4.07. The van der Waals surface area contributed by atoms with Crippen molar-refractivity contribution in [2.45, 2.75) is 25.7 Å². The summed E-state index contributed by atoms with van der Waals surface area (Å²) in [5.74, 6) is 0.639. The lowest BCUT2D eigenvalue weighted by molar-refractivity contribution is 0.253. The first-order valence-corrected chi connectivity index (χ1v) is 5.90. The zero-order valence-corrected chi connectivity index (χ0v) is 9.60. The van der Waals surface area contributed by atoms with E-state index in [-0.39, 0.29) is 0 Å². The molecule has 0 atom stereocenters. The maximum Gasteiger partial charge on any atom is 0.180 e. The predicted molar refractivity (Wildman–Crippen MR) is 60.7 cm³/mol. The predicted octanol–water partition coefficient (Wildman–Crippen LogP) is 1.84. The second kappa shape index (κ2) is 3.87. The summed E-state index contributed by atoms with van der Waals surface area (Å²) in [4.78, 5) is 8.12. The smallest absolute Gasteiger partial charge is 0.180 e. The Bertz CT molecular complexity index is 313. The molecule has 4 heteroatoms. The number of aryl methyl sites for hydroxylation is 1. The quantitative estimate of drug-likeness (QED) is 0.770. The standard InChI is InChI=1S/C10H17N3S/c1-7-9(12-10(11)14-7)8-3-5-13(2)6-4-8/h8H,3-6H2,1-2H3,(H2,11,12). The third-order valence-electron chi connectivity index (χ3n) is 2.95. The lowest BCUT2D eigenvalue weighted by atomic mass is 9.93. The highest BCUT2D eigenvalue weighted by atomic mass is 32.1. The van der Waals surface area contributed by atoms with Gasteiger partial charge in [0.1, 0.15) is 0 Å². The molecular weight excluding hydrogens is 194 g/mol. The van der Waals surface area contributed by atoms with Crippen LogP contribution in [0.5, 0.6) is 0 Å². The molecule has 0 radical (unpaired) electrons. The molecule has 0 spiro atoms. The molecule has 3 nitrogen and oxygen atoms in total. The third-order valence-corrected chi connectivity index (χ3v) is 3.77. The van der Waals surface area contributed by atoms with Crippen LogP contribution in [-0.2, 0) is 0 Å². The van der Waals surface area contributed by atoms with Gasteiger partial charge in [0.05, 0.1) is 5.69 Å².